The van der Waals surface area contributed by atoms with Crippen molar-refractivity contribution in [3.05, 3.63) is 53.6 Å². The molecule has 0 amide bonds. The average Bonchev–Trinajstić information content (AvgIpc) is 2.46. The Hall–Kier alpha value is -2.09. The molecule has 2 heteroatoms. The molecule has 0 saturated carbocycles. The van der Waals surface area contributed by atoms with Gasteiger partial charge < -0.3 is 4.74 Å². The van der Waals surface area contributed by atoms with Gasteiger partial charge in [-0.3, -0.25) is 4.79 Å². The minimum Gasteiger partial charge on any atom is -0.493 e. The van der Waals surface area contributed by atoms with Crippen molar-refractivity contribution in [3.63, 3.8) is 0 Å². The van der Waals surface area contributed by atoms with Crippen LogP contribution in [0.4, 0.5) is 0 Å². The van der Waals surface area contributed by atoms with Crippen LogP contribution in [0.1, 0.15) is 22.3 Å². The van der Waals surface area contributed by atoms with Gasteiger partial charge >= 0.3 is 0 Å². The van der Waals surface area contributed by atoms with Crippen molar-refractivity contribution in [2.75, 3.05) is 6.61 Å². The van der Waals surface area contributed by atoms with Gasteiger partial charge in [-0.05, 0) is 41.7 Å². The first-order valence-corrected chi connectivity index (χ1v) is 6.19. The number of ether oxygens (including phenoxy) is 1. The summed E-state index contributed by atoms with van der Waals surface area (Å²) in [7, 11) is 0. The summed E-state index contributed by atoms with van der Waals surface area (Å²) in [6.45, 7) is 0.803. The molecule has 0 aliphatic carbocycles. The minimum absolute atomic E-state index is 0.731. The summed E-state index contributed by atoms with van der Waals surface area (Å²) in [5.41, 5.74) is 4.04. The zero-order chi connectivity index (χ0) is 12.4. The van der Waals surface area contributed by atoms with Gasteiger partial charge in [0.05, 0.1) is 6.61 Å². The van der Waals surface area contributed by atoms with E-state index in [2.05, 4.69) is 6.07 Å². The molecule has 1 heterocycles. The molecule has 90 valence electrons. The molecule has 0 aromatic heterocycles. The number of aldehydes is 1. The number of rotatable bonds is 2. The molecule has 0 N–H and O–H groups in total. The number of carbonyl (C=O) groups is 1. The normalized spacial score (nSPS) is 13.6. The summed E-state index contributed by atoms with van der Waals surface area (Å²) in [5, 5.41) is 0. The summed E-state index contributed by atoms with van der Waals surface area (Å²) in [6.07, 6.45) is 3.02. The highest BCUT2D eigenvalue weighted by atomic mass is 16.5. The van der Waals surface area contributed by atoms with E-state index in [4.69, 9.17) is 4.74 Å². The van der Waals surface area contributed by atoms with E-state index in [-0.39, 0.29) is 0 Å². The third-order valence-electron chi connectivity index (χ3n) is 3.31. The van der Waals surface area contributed by atoms with Crippen LogP contribution >= 0.6 is 0 Å². The highest BCUT2D eigenvalue weighted by molar-refractivity contribution is 5.87. The molecule has 1 aliphatic rings. The van der Waals surface area contributed by atoms with Gasteiger partial charge in [0.2, 0.25) is 0 Å². The molecule has 0 bridgehead atoms. The Morgan fingerprint density at radius 2 is 2.00 bits per heavy atom. The molecule has 0 radical (unpaired) electrons. The van der Waals surface area contributed by atoms with Crippen molar-refractivity contribution in [2.45, 2.75) is 12.8 Å². The highest BCUT2D eigenvalue weighted by Gasteiger charge is 2.12. The summed E-state index contributed by atoms with van der Waals surface area (Å²) in [4.78, 5) is 11.1. The molecule has 0 unspecified atom stereocenters. The summed E-state index contributed by atoms with van der Waals surface area (Å²) in [5.74, 6) is 0.980. The van der Waals surface area contributed by atoms with E-state index in [0.29, 0.717) is 0 Å². The van der Waals surface area contributed by atoms with Gasteiger partial charge in [0, 0.05) is 5.56 Å². The van der Waals surface area contributed by atoms with Crippen LogP contribution < -0.4 is 4.74 Å². The van der Waals surface area contributed by atoms with Crippen molar-refractivity contribution >= 4 is 6.29 Å². The summed E-state index contributed by atoms with van der Waals surface area (Å²) in [6, 6.07) is 13.8. The first-order chi connectivity index (χ1) is 8.88. The lowest BCUT2D eigenvalue weighted by atomic mass is 9.96. The minimum atomic E-state index is 0.731. The third-order valence-corrected chi connectivity index (χ3v) is 3.31. The van der Waals surface area contributed by atoms with Crippen LogP contribution in [0.2, 0.25) is 0 Å². The van der Waals surface area contributed by atoms with Gasteiger partial charge in [-0.2, -0.15) is 0 Å². The van der Waals surface area contributed by atoms with Crippen LogP contribution in [-0.4, -0.2) is 12.9 Å². The van der Waals surface area contributed by atoms with Crippen molar-refractivity contribution < 1.29 is 9.53 Å². The molecule has 3 rings (SSSR count). The smallest absolute Gasteiger partial charge is 0.150 e. The zero-order valence-electron chi connectivity index (χ0n) is 10.1. The second kappa shape index (κ2) is 4.65. The Kier molecular flexibility index (Phi) is 2.85. The highest BCUT2D eigenvalue weighted by Crippen LogP contribution is 2.31. The molecule has 2 aromatic carbocycles. The SMILES string of the molecule is O=Cc1ccccc1-c1ccc2c(c1)CCCO2. The fourth-order valence-electron chi connectivity index (χ4n) is 2.39. The van der Waals surface area contributed by atoms with Gasteiger partial charge in [0.1, 0.15) is 5.75 Å². The summed E-state index contributed by atoms with van der Waals surface area (Å²) < 4.78 is 5.60. The second-order valence-corrected chi connectivity index (χ2v) is 4.48. The Morgan fingerprint density at radius 1 is 1.11 bits per heavy atom. The topological polar surface area (TPSA) is 26.3 Å². The van der Waals surface area contributed by atoms with E-state index < -0.39 is 0 Å². The van der Waals surface area contributed by atoms with Gasteiger partial charge in [-0.25, -0.2) is 0 Å². The Balaban J connectivity index is 2.09. The number of benzene rings is 2. The zero-order valence-corrected chi connectivity index (χ0v) is 10.1. The predicted molar refractivity (Wildman–Crippen MR) is 71.1 cm³/mol. The van der Waals surface area contributed by atoms with Gasteiger partial charge in [0.25, 0.3) is 0 Å². The molecule has 0 saturated heterocycles. The maximum absolute atomic E-state index is 11.1. The first-order valence-electron chi connectivity index (χ1n) is 6.19. The van der Waals surface area contributed by atoms with E-state index in [1.165, 1.54) is 5.56 Å². The number of hydrogen-bond donors (Lipinski definition) is 0. The molecule has 18 heavy (non-hydrogen) atoms. The van der Waals surface area contributed by atoms with Crippen molar-refractivity contribution in [1.29, 1.82) is 0 Å². The van der Waals surface area contributed by atoms with Crippen LogP contribution in [0.25, 0.3) is 11.1 Å². The van der Waals surface area contributed by atoms with Crippen molar-refractivity contribution in [3.8, 4) is 16.9 Å². The first kappa shape index (κ1) is 11.0. The second-order valence-electron chi connectivity index (χ2n) is 4.48. The lowest BCUT2D eigenvalue weighted by Gasteiger charge is -2.18. The van der Waals surface area contributed by atoms with Gasteiger partial charge in [-0.15, -0.1) is 0 Å². The quantitative estimate of drug-likeness (QED) is 0.748. The maximum Gasteiger partial charge on any atom is 0.150 e. The summed E-state index contributed by atoms with van der Waals surface area (Å²) >= 11 is 0. The maximum atomic E-state index is 11.1. The van der Waals surface area contributed by atoms with E-state index in [1.54, 1.807) is 0 Å². The molecular formula is C16H14O2. The van der Waals surface area contributed by atoms with Crippen molar-refractivity contribution in [1.82, 2.24) is 0 Å². The fraction of sp³-hybridized carbons (Fsp3) is 0.188. The van der Waals surface area contributed by atoms with Crippen LogP contribution in [0.15, 0.2) is 42.5 Å². The van der Waals surface area contributed by atoms with Crippen LogP contribution in [0, 0.1) is 0 Å². The van der Waals surface area contributed by atoms with Crippen LogP contribution in [-0.2, 0) is 6.42 Å². The Morgan fingerprint density at radius 3 is 2.89 bits per heavy atom. The molecule has 2 aromatic rings. The van der Waals surface area contributed by atoms with E-state index in [9.17, 15) is 4.79 Å². The number of hydrogen-bond acceptors (Lipinski definition) is 2. The lowest BCUT2D eigenvalue weighted by Crippen LogP contribution is -2.08. The number of carbonyl (C=O) groups excluding carboxylic acids is 1. The molecular weight excluding hydrogens is 224 g/mol. The van der Waals surface area contributed by atoms with E-state index in [1.807, 2.05) is 36.4 Å². The van der Waals surface area contributed by atoms with Crippen LogP contribution in [0.3, 0.4) is 0 Å². The number of aryl methyl sites for hydroxylation is 1. The third kappa shape index (κ3) is 1.90. The van der Waals surface area contributed by atoms with E-state index >= 15 is 0 Å². The standard InChI is InChI=1S/C16H14O2/c17-11-14-4-1-2-6-15(14)12-7-8-16-13(10-12)5-3-9-18-16/h1-2,4,6-8,10-11H,3,5,9H2. The lowest BCUT2D eigenvalue weighted by molar-refractivity contribution is 0.112. The predicted octanol–water partition coefficient (Wildman–Crippen LogP) is 3.49. The molecule has 0 fully saturated rings. The molecule has 0 spiro atoms. The van der Waals surface area contributed by atoms with Gasteiger partial charge in [0.15, 0.2) is 6.29 Å². The average molecular weight is 238 g/mol. The molecule has 0 atom stereocenters. The van der Waals surface area contributed by atoms with Crippen LogP contribution in [0.5, 0.6) is 5.75 Å². The fourth-order valence-corrected chi connectivity index (χ4v) is 2.39. The number of fused-ring (bicyclic) bond motifs is 1. The largest absolute Gasteiger partial charge is 0.493 e. The van der Waals surface area contributed by atoms with Gasteiger partial charge in [-0.1, -0.05) is 30.3 Å². The van der Waals surface area contributed by atoms with E-state index in [0.717, 1.165) is 48.2 Å². The molecule has 2 nitrogen and oxygen atoms in total. The monoisotopic (exact) mass is 238 g/mol. The Bertz CT molecular complexity index is 587. The molecule has 1 aliphatic heterocycles. The van der Waals surface area contributed by atoms with Crippen molar-refractivity contribution in [2.24, 2.45) is 0 Å². The Labute approximate surface area is 106 Å².